The summed E-state index contributed by atoms with van der Waals surface area (Å²) in [6.07, 6.45) is 0. The molecular weight excluding hydrogens is 809 g/mol. The third-order valence-electron chi connectivity index (χ3n) is 12.2. The first-order valence-corrected chi connectivity index (χ1v) is 22.6. The van der Waals surface area contributed by atoms with Crippen molar-refractivity contribution in [1.82, 2.24) is 19.9 Å². The van der Waals surface area contributed by atoms with Crippen molar-refractivity contribution >= 4 is 42.3 Å². The molecule has 0 radical (unpaired) electrons. The highest BCUT2D eigenvalue weighted by Gasteiger charge is 2.17. The van der Waals surface area contributed by atoms with E-state index in [4.69, 9.17) is 19.9 Å². The van der Waals surface area contributed by atoms with Gasteiger partial charge in [0.2, 0.25) is 0 Å². The zero-order valence-electron chi connectivity index (χ0n) is 35.1. The van der Waals surface area contributed by atoms with Gasteiger partial charge >= 0.3 is 0 Å². The average Bonchev–Trinajstić information content (AvgIpc) is 3.76. The van der Waals surface area contributed by atoms with Gasteiger partial charge in [-0.1, -0.05) is 200 Å². The molecular formula is C60H38N4S. The van der Waals surface area contributed by atoms with E-state index >= 15 is 0 Å². The quantitative estimate of drug-likeness (QED) is 0.153. The van der Waals surface area contributed by atoms with E-state index < -0.39 is 0 Å². The fourth-order valence-corrected chi connectivity index (χ4v) is 9.98. The van der Waals surface area contributed by atoms with Crippen molar-refractivity contribution in [1.29, 1.82) is 0 Å². The number of rotatable bonds is 8. The summed E-state index contributed by atoms with van der Waals surface area (Å²) in [4.78, 5) is 20.6. The van der Waals surface area contributed by atoms with Gasteiger partial charge in [0.15, 0.2) is 11.6 Å². The lowest BCUT2D eigenvalue weighted by molar-refractivity contribution is 1.18. The van der Waals surface area contributed by atoms with Gasteiger partial charge in [0, 0.05) is 53.6 Å². The molecule has 65 heavy (non-hydrogen) atoms. The normalized spacial score (nSPS) is 11.4. The van der Waals surface area contributed by atoms with E-state index in [1.807, 2.05) is 53.8 Å². The van der Waals surface area contributed by atoms with Crippen molar-refractivity contribution in [2.24, 2.45) is 0 Å². The summed E-state index contributed by atoms with van der Waals surface area (Å²) in [6, 6.07) is 81.0. The Kier molecular flexibility index (Phi) is 9.66. The van der Waals surface area contributed by atoms with E-state index in [0.717, 1.165) is 83.8 Å². The zero-order valence-corrected chi connectivity index (χ0v) is 36.0. The Hall–Kier alpha value is -8.38. The largest absolute Gasteiger partial charge is 0.228 e. The Morgan fingerprint density at radius 1 is 0.246 bits per heavy atom. The van der Waals surface area contributed by atoms with Crippen LogP contribution in [0, 0.1) is 0 Å². The Morgan fingerprint density at radius 3 is 1.25 bits per heavy atom. The molecule has 0 atom stereocenters. The van der Waals surface area contributed by atoms with Crippen LogP contribution in [0.1, 0.15) is 0 Å². The number of hydrogen-bond donors (Lipinski definition) is 0. The Bertz CT molecular complexity index is 3620. The van der Waals surface area contributed by atoms with Gasteiger partial charge in [0.25, 0.3) is 0 Å². The molecule has 0 bridgehead atoms. The molecule has 4 nitrogen and oxygen atoms in total. The van der Waals surface area contributed by atoms with Crippen LogP contribution in [0.2, 0.25) is 0 Å². The third-order valence-corrected chi connectivity index (χ3v) is 13.3. The van der Waals surface area contributed by atoms with Gasteiger partial charge in [0.05, 0.1) is 22.8 Å². The number of aromatic nitrogens is 4. The van der Waals surface area contributed by atoms with Gasteiger partial charge in [-0.15, -0.1) is 11.3 Å². The fraction of sp³-hybridized carbons (Fsp3) is 0. The minimum Gasteiger partial charge on any atom is -0.228 e. The maximum atomic E-state index is 5.24. The Balaban J connectivity index is 0.962. The topological polar surface area (TPSA) is 51.6 Å². The van der Waals surface area contributed by atoms with Gasteiger partial charge in [0.1, 0.15) is 0 Å². The first-order valence-electron chi connectivity index (χ1n) is 21.8. The predicted octanol–water partition coefficient (Wildman–Crippen LogP) is 16.1. The Morgan fingerprint density at radius 2 is 0.677 bits per heavy atom. The summed E-state index contributed by atoms with van der Waals surface area (Å²) >= 11 is 1.84. The average molecular weight is 847 g/mol. The summed E-state index contributed by atoms with van der Waals surface area (Å²) in [5.41, 5.74) is 14.3. The van der Waals surface area contributed by atoms with E-state index in [-0.39, 0.29) is 0 Å². The molecule has 3 heterocycles. The Labute approximate surface area is 380 Å². The molecule has 9 aromatic carbocycles. The second kappa shape index (κ2) is 16.4. The molecule has 0 aliphatic rings. The van der Waals surface area contributed by atoms with Gasteiger partial charge < -0.3 is 0 Å². The molecule has 0 saturated heterocycles. The second-order valence-electron chi connectivity index (χ2n) is 16.2. The van der Waals surface area contributed by atoms with Crippen LogP contribution in [0.3, 0.4) is 0 Å². The lowest BCUT2D eigenvalue weighted by atomic mass is 9.92. The first kappa shape index (κ1) is 38.3. The molecule has 0 N–H and O–H groups in total. The number of hydrogen-bond acceptors (Lipinski definition) is 5. The standard InChI is InChI=1S/C60H38N4S/c1-4-16-42(17-5-1)53-37-54(43-18-6-2-7-19-43)62-59(61-53)45-31-27-40(28-32-45)50-35-52-49-24-12-13-26-57(49)65-58(52)36-51(50)41-29-33-46(34-30-41)60-63-55(44-20-8-3-9-21-44)38-56(64-60)48-25-14-22-39-15-10-11-23-47(39)48/h1-38H. The summed E-state index contributed by atoms with van der Waals surface area (Å²) < 4.78 is 2.53. The van der Waals surface area contributed by atoms with Crippen molar-refractivity contribution in [3.05, 3.63) is 231 Å². The van der Waals surface area contributed by atoms with Crippen LogP contribution in [-0.2, 0) is 0 Å². The van der Waals surface area contributed by atoms with Gasteiger partial charge in [-0.25, -0.2) is 19.9 Å². The number of nitrogens with zero attached hydrogens (tertiary/aromatic N) is 4. The molecule has 3 aromatic heterocycles. The van der Waals surface area contributed by atoms with Crippen molar-refractivity contribution < 1.29 is 0 Å². The molecule has 5 heteroatoms. The van der Waals surface area contributed by atoms with Crippen molar-refractivity contribution in [2.75, 3.05) is 0 Å². The third kappa shape index (κ3) is 7.34. The summed E-state index contributed by atoms with van der Waals surface area (Å²) in [5, 5.41) is 4.86. The van der Waals surface area contributed by atoms with E-state index in [2.05, 4.69) is 188 Å². The van der Waals surface area contributed by atoms with Crippen molar-refractivity contribution in [3.8, 4) is 90.1 Å². The minimum absolute atomic E-state index is 0.686. The van der Waals surface area contributed by atoms with Crippen LogP contribution in [0.25, 0.3) is 121 Å². The second-order valence-corrected chi connectivity index (χ2v) is 17.3. The van der Waals surface area contributed by atoms with Crippen LogP contribution >= 0.6 is 11.3 Å². The molecule has 304 valence electrons. The smallest absolute Gasteiger partial charge is 0.160 e. The maximum absolute atomic E-state index is 5.24. The predicted molar refractivity (Wildman–Crippen MR) is 272 cm³/mol. The molecule has 0 unspecified atom stereocenters. The number of benzene rings is 9. The van der Waals surface area contributed by atoms with E-state index in [0.29, 0.717) is 11.6 Å². The maximum Gasteiger partial charge on any atom is 0.160 e. The highest BCUT2D eigenvalue weighted by molar-refractivity contribution is 7.25. The van der Waals surface area contributed by atoms with Gasteiger partial charge in [-0.05, 0) is 63.4 Å². The molecule has 12 aromatic rings. The number of fused-ring (bicyclic) bond motifs is 4. The summed E-state index contributed by atoms with van der Waals surface area (Å²) in [6.45, 7) is 0. The summed E-state index contributed by atoms with van der Waals surface area (Å²) in [5.74, 6) is 1.37. The SMILES string of the molecule is c1ccc(-c2cc(-c3ccccc3)nc(-c3ccc(-c4cc5c(cc4-c4ccc(-c6nc(-c7ccccc7)cc(-c7cccc8ccccc78)n6)cc4)sc4ccccc45)cc3)n2)cc1. The van der Waals surface area contributed by atoms with Crippen LogP contribution in [0.5, 0.6) is 0 Å². The lowest BCUT2D eigenvalue weighted by Gasteiger charge is -2.14. The molecule has 0 spiro atoms. The van der Waals surface area contributed by atoms with Crippen molar-refractivity contribution in [3.63, 3.8) is 0 Å². The lowest BCUT2D eigenvalue weighted by Crippen LogP contribution is -1.96. The van der Waals surface area contributed by atoms with Gasteiger partial charge in [-0.3, -0.25) is 0 Å². The van der Waals surface area contributed by atoms with Crippen molar-refractivity contribution in [2.45, 2.75) is 0 Å². The summed E-state index contributed by atoms with van der Waals surface area (Å²) in [7, 11) is 0. The molecule has 0 aliphatic heterocycles. The van der Waals surface area contributed by atoms with E-state index in [9.17, 15) is 0 Å². The van der Waals surface area contributed by atoms with Crippen LogP contribution in [-0.4, -0.2) is 19.9 Å². The van der Waals surface area contributed by atoms with E-state index in [1.165, 1.54) is 25.6 Å². The highest BCUT2D eigenvalue weighted by atomic mass is 32.1. The molecule has 0 aliphatic carbocycles. The van der Waals surface area contributed by atoms with Crippen LogP contribution < -0.4 is 0 Å². The van der Waals surface area contributed by atoms with Crippen LogP contribution in [0.4, 0.5) is 0 Å². The highest BCUT2D eigenvalue weighted by Crippen LogP contribution is 2.43. The fourth-order valence-electron chi connectivity index (χ4n) is 8.86. The van der Waals surface area contributed by atoms with Gasteiger partial charge in [-0.2, -0.15) is 0 Å². The minimum atomic E-state index is 0.686. The molecule has 12 rings (SSSR count). The van der Waals surface area contributed by atoms with E-state index in [1.54, 1.807) is 0 Å². The number of thiophene rings is 1. The monoisotopic (exact) mass is 846 g/mol. The molecule has 0 fully saturated rings. The molecule has 0 saturated carbocycles. The first-order chi connectivity index (χ1) is 32.2. The zero-order chi connectivity index (χ0) is 43.1. The molecule has 0 amide bonds. The van der Waals surface area contributed by atoms with Crippen LogP contribution in [0.15, 0.2) is 231 Å².